The highest BCUT2D eigenvalue weighted by molar-refractivity contribution is 7.90. The molecule has 0 unspecified atom stereocenters. The Morgan fingerprint density at radius 1 is 0.882 bits per heavy atom. The van der Waals surface area contributed by atoms with Crippen LogP contribution in [-0.4, -0.2) is 22.9 Å². The summed E-state index contributed by atoms with van der Waals surface area (Å²) in [6.07, 6.45) is 0. The highest BCUT2D eigenvalue weighted by Gasteiger charge is 2.26. The maximum Gasteiger partial charge on any atom is 0.350 e. The predicted molar refractivity (Wildman–Crippen MR) is 132 cm³/mol. The average molecular weight is 539 g/mol. The molecular weight excluding hydrogens is 525 g/mol. The topological polar surface area (TPSA) is 107 Å². The first kappa shape index (κ1) is 24.0. The summed E-state index contributed by atoms with van der Waals surface area (Å²) in [6, 6.07) is 13.4. The molecule has 3 aromatic carbocycles. The molecule has 34 heavy (non-hydrogen) atoms. The van der Waals surface area contributed by atoms with E-state index in [2.05, 4.69) is 5.32 Å². The van der Waals surface area contributed by atoms with E-state index in [1.807, 2.05) is 0 Å². The van der Waals surface area contributed by atoms with Gasteiger partial charge in [-0.05, 0) is 60.7 Å². The van der Waals surface area contributed by atoms with Gasteiger partial charge < -0.3 is 5.32 Å². The van der Waals surface area contributed by atoms with Crippen LogP contribution < -0.4 is 16.6 Å². The van der Waals surface area contributed by atoms with Gasteiger partial charge in [0.1, 0.15) is 0 Å². The molecule has 12 heteroatoms. The Hall–Kier alpha value is -3.11. The predicted octanol–water partition coefficient (Wildman–Crippen LogP) is 4.31. The first-order valence-corrected chi connectivity index (χ1v) is 12.1. The number of aromatic nitrogens is 2. The van der Waals surface area contributed by atoms with Gasteiger partial charge in [-0.1, -0.05) is 34.8 Å². The van der Waals surface area contributed by atoms with Crippen LogP contribution in [0.3, 0.4) is 0 Å². The molecule has 4 aromatic rings. The number of amides is 1. The largest absolute Gasteiger partial charge is 0.350 e. The minimum absolute atomic E-state index is 0.0326. The summed E-state index contributed by atoms with van der Waals surface area (Å²) in [5.41, 5.74) is -1.89. The number of hydrogen-bond donors (Lipinski definition) is 1. The second-order valence-electron chi connectivity index (χ2n) is 7.16. The molecule has 0 saturated heterocycles. The molecule has 0 spiro atoms. The number of halogens is 3. The summed E-state index contributed by atoms with van der Waals surface area (Å²) >= 11 is 18.3. The first-order valence-electron chi connectivity index (χ1n) is 9.56. The number of rotatable bonds is 4. The van der Waals surface area contributed by atoms with Crippen molar-refractivity contribution in [1.82, 2.24) is 8.54 Å². The maximum absolute atomic E-state index is 13.6. The van der Waals surface area contributed by atoms with Crippen molar-refractivity contribution >= 4 is 67.3 Å². The number of anilines is 1. The zero-order chi connectivity index (χ0) is 24.8. The number of fused-ring (bicyclic) bond motifs is 1. The molecule has 174 valence electrons. The lowest BCUT2D eigenvalue weighted by molar-refractivity contribution is -0.114. The van der Waals surface area contributed by atoms with Crippen molar-refractivity contribution in [1.29, 1.82) is 0 Å². The fourth-order valence-corrected chi connectivity index (χ4v) is 5.17. The lowest BCUT2D eigenvalue weighted by atomic mass is 10.2. The van der Waals surface area contributed by atoms with Gasteiger partial charge in [0.05, 0.1) is 26.5 Å². The van der Waals surface area contributed by atoms with Crippen molar-refractivity contribution < 1.29 is 13.2 Å². The fourth-order valence-electron chi connectivity index (χ4n) is 3.38. The van der Waals surface area contributed by atoms with E-state index >= 15 is 0 Å². The normalized spacial score (nSPS) is 11.5. The van der Waals surface area contributed by atoms with E-state index in [1.54, 1.807) is 0 Å². The Bertz CT molecular complexity index is 1690. The lowest BCUT2D eigenvalue weighted by Gasteiger charge is -2.16. The summed E-state index contributed by atoms with van der Waals surface area (Å²) in [4.78, 5) is 38.1. The third-order valence-electron chi connectivity index (χ3n) is 4.84. The number of carbonyl (C=O) groups is 1. The molecule has 8 nitrogen and oxygen atoms in total. The fraction of sp³-hybridized carbons (Fsp3) is 0.0455. The first-order chi connectivity index (χ1) is 16.0. The molecule has 1 N–H and O–H groups in total. The van der Waals surface area contributed by atoms with E-state index in [0.29, 0.717) is 5.69 Å². The highest BCUT2D eigenvalue weighted by atomic mass is 35.5. The number of nitrogens with one attached hydrogen (secondary N) is 1. The summed E-state index contributed by atoms with van der Waals surface area (Å²) in [6.45, 7) is 1.30. The summed E-state index contributed by atoms with van der Waals surface area (Å²) in [5, 5.41) is 3.01. The Morgan fingerprint density at radius 3 is 2.18 bits per heavy atom. The minimum atomic E-state index is -4.62. The number of nitrogens with zero attached hydrogens (tertiary/aromatic N) is 2. The zero-order valence-electron chi connectivity index (χ0n) is 17.3. The monoisotopic (exact) mass is 537 g/mol. The maximum atomic E-state index is 13.6. The van der Waals surface area contributed by atoms with Crippen LogP contribution in [0.1, 0.15) is 6.92 Å². The van der Waals surface area contributed by atoms with Crippen LogP contribution in [0.15, 0.2) is 75.1 Å². The summed E-state index contributed by atoms with van der Waals surface area (Å²) in [7, 11) is -4.62. The molecule has 4 rings (SSSR count). The van der Waals surface area contributed by atoms with E-state index in [-0.39, 0.29) is 46.4 Å². The molecule has 0 radical (unpaired) electrons. The van der Waals surface area contributed by atoms with Crippen molar-refractivity contribution in [2.45, 2.75) is 11.8 Å². The van der Waals surface area contributed by atoms with Crippen LogP contribution in [0.5, 0.6) is 0 Å². The van der Waals surface area contributed by atoms with E-state index < -0.39 is 21.3 Å². The Kier molecular flexibility index (Phi) is 6.30. The van der Waals surface area contributed by atoms with Crippen molar-refractivity contribution in [2.24, 2.45) is 0 Å². The Balaban J connectivity index is 2.15. The molecule has 0 aliphatic heterocycles. The van der Waals surface area contributed by atoms with E-state index in [0.717, 1.165) is 4.57 Å². The van der Waals surface area contributed by atoms with Gasteiger partial charge in [-0.25, -0.2) is 13.2 Å². The van der Waals surface area contributed by atoms with Gasteiger partial charge in [0.15, 0.2) is 0 Å². The molecule has 0 atom stereocenters. The van der Waals surface area contributed by atoms with Gasteiger partial charge in [0.25, 0.3) is 15.6 Å². The van der Waals surface area contributed by atoms with E-state index in [1.165, 1.54) is 67.6 Å². The molecule has 0 fully saturated rings. The average Bonchev–Trinajstić information content (AvgIpc) is 2.75. The van der Waals surface area contributed by atoms with Crippen LogP contribution in [0.25, 0.3) is 16.6 Å². The molecule has 1 heterocycles. The second kappa shape index (κ2) is 8.92. The number of hydrogen-bond acceptors (Lipinski definition) is 5. The Morgan fingerprint density at radius 2 is 1.53 bits per heavy atom. The zero-order valence-corrected chi connectivity index (χ0v) is 20.3. The van der Waals surface area contributed by atoms with Crippen LogP contribution in [-0.2, 0) is 14.8 Å². The van der Waals surface area contributed by atoms with Gasteiger partial charge in [-0.3, -0.25) is 14.2 Å². The van der Waals surface area contributed by atoms with Crippen LogP contribution in [0.2, 0.25) is 15.1 Å². The van der Waals surface area contributed by atoms with Gasteiger partial charge in [0, 0.05) is 22.7 Å². The Labute approximate surface area is 208 Å². The molecule has 1 amide bonds. The van der Waals surface area contributed by atoms with Crippen molar-refractivity contribution in [3.05, 3.63) is 96.6 Å². The molecular formula is C22H14Cl3N3O5S. The van der Waals surface area contributed by atoms with Crippen LogP contribution in [0, 0.1) is 0 Å². The lowest BCUT2D eigenvalue weighted by Crippen LogP contribution is -2.43. The summed E-state index contributed by atoms with van der Waals surface area (Å²) in [5.74, 6) is -0.371. The molecule has 0 aliphatic carbocycles. The van der Waals surface area contributed by atoms with E-state index in [4.69, 9.17) is 34.8 Å². The van der Waals surface area contributed by atoms with Crippen LogP contribution in [0.4, 0.5) is 5.69 Å². The molecule has 0 aliphatic rings. The standard InChI is InChI=1S/C22H14Cl3N3O5S/c1-12(29)26-15-5-9-18(25)20(11-15)27-19-10-14(24)4-8-17(19)21(30)28(22(27)31)34(32,33)16-6-2-13(23)3-7-16/h2-11H,1H3,(H,26,29). The summed E-state index contributed by atoms with van der Waals surface area (Å²) < 4.78 is 27.9. The number of benzene rings is 3. The van der Waals surface area contributed by atoms with Gasteiger partial charge in [-0.15, -0.1) is 3.97 Å². The third-order valence-corrected chi connectivity index (χ3v) is 7.32. The quantitative estimate of drug-likeness (QED) is 0.417. The molecule has 0 saturated carbocycles. The smallest absolute Gasteiger partial charge is 0.326 e. The SMILES string of the molecule is CC(=O)Nc1ccc(Cl)c(-n2c(=O)n(S(=O)(=O)c3ccc(Cl)cc3)c(=O)c3ccc(Cl)cc32)c1. The minimum Gasteiger partial charge on any atom is -0.326 e. The second-order valence-corrected chi connectivity index (χ2v) is 10.2. The highest BCUT2D eigenvalue weighted by Crippen LogP contribution is 2.27. The third kappa shape index (κ3) is 4.23. The molecule has 0 bridgehead atoms. The van der Waals surface area contributed by atoms with Gasteiger partial charge >= 0.3 is 5.69 Å². The van der Waals surface area contributed by atoms with Crippen molar-refractivity contribution in [3.8, 4) is 5.69 Å². The number of carbonyl (C=O) groups excluding carboxylic acids is 1. The van der Waals surface area contributed by atoms with E-state index in [9.17, 15) is 22.8 Å². The van der Waals surface area contributed by atoms with Gasteiger partial charge in [0.2, 0.25) is 5.91 Å². The van der Waals surface area contributed by atoms with Crippen LogP contribution >= 0.6 is 34.8 Å². The van der Waals surface area contributed by atoms with Crippen molar-refractivity contribution in [3.63, 3.8) is 0 Å². The van der Waals surface area contributed by atoms with Crippen molar-refractivity contribution in [2.75, 3.05) is 5.32 Å². The molecule has 1 aromatic heterocycles. The van der Waals surface area contributed by atoms with Gasteiger partial charge in [-0.2, -0.15) is 0 Å².